The minimum absolute atomic E-state index is 0.559. The van der Waals surface area contributed by atoms with Gasteiger partial charge in [-0.1, -0.05) is 19.8 Å². The molecule has 114 valence electrons. The molecule has 1 aliphatic rings. The zero-order chi connectivity index (χ0) is 14.8. The lowest BCUT2D eigenvalue weighted by Crippen LogP contribution is -2.39. The Hall–Kier alpha value is -1.78. The van der Waals surface area contributed by atoms with Crippen molar-refractivity contribution in [2.75, 3.05) is 23.8 Å². The highest BCUT2D eigenvalue weighted by atomic mass is 15.2. The Morgan fingerprint density at radius 3 is 2.95 bits per heavy atom. The molecule has 0 aromatic carbocycles. The van der Waals surface area contributed by atoms with Crippen LogP contribution in [-0.2, 0) is 0 Å². The topological polar surface area (TPSA) is 45.5 Å². The maximum absolute atomic E-state index is 4.80. The van der Waals surface area contributed by atoms with Gasteiger partial charge in [0.25, 0.3) is 0 Å². The van der Waals surface area contributed by atoms with Crippen LogP contribution in [0.3, 0.4) is 0 Å². The predicted octanol–water partition coefficient (Wildman–Crippen LogP) is 3.18. The Morgan fingerprint density at radius 1 is 1.38 bits per heavy atom. The molecule has 0 saturated heterocycles. The summed E-state index contributed by atoms with van der Waals surface area (Å²) >= 11 is 0. The van der Waals surface area contributed by atoms with Gasteiger partial charge in [0.1, 0.15) is 5.82 Å². The van der Waals surface area contributed by atoms with Crippen LogP contribution in [0.2, 0.25) is 0 Å². The lowest BCUT2D eigenvalue weighted by Gasteiger charge is -2.37. The molecule has 1 N–H and O–H groups in total. The van der Waals surface area contributed by atoms with Crippen LogP contribution in [0.25, 0.3) is 5.65 Å². The molecule has 1 aliphatic carbocycles. The third kappa shape index (κ3) is 2.69. The summed E-state index contributed by atoms with van der Waals surface area (Å²) < 4.78 is 2.06. The van der Waals surface area contributed by atoms with Gasteiger partial charge < -0.3 is 14.6 Å². The number of hydrogen-bond donors (Lipinski definition) is 1. The smallest absolute Gasteiger partial charge is 0.180 e. The van der Waals surface area contributed by atoms with Crippen molar-refractivity contribution < 1.29 is 0 Å². The zero-order valence-corrected chi connectivity index (χ0v) is 13.2. The van der Waals surface area contributed by atoms with Crippen molar-refractivity contribution in [1.82, 2.24) is 14.4 Å². The molecule has 1 fully saturated rings. The third-order valence-corrected chi connectivity index (χ3v) is 4.61. The van der Waals surface area contributed by atoms with E-state index in [9.17, 15) is 0 Å². The summed E-state index contributed by atoms with van der Waals surface area (Å²) in [7, 11) is 2.17. The van der Waals surface area contributed by atoms with E-state index in [1.165, 1.54) is 25.7 Å². The molecule has 2 atom stereocenters. The van der Waals surface area contributed by atoms with Crippen LogP contribution >= 0.6 is 0 Å². The molecular formula is C16H25N5. The van der Waals surface area contributed by atoms with Gasteiger partial charge in [0.05, 0.1) is 6.20 Å². The summed E-state index contributed by atoms with van der Waals surface area (Å²) in [6, 6.07) is 0.559. The quantitative estimate of drug-likeness (QED) is 0.938. The number of rotatable bonds is 4. The van der Waals surface area contributed by atoms with Crippen molar-refractivity contribution in [2.24, 2.45) is 5.92 Å². The molecule has 2 aromatic heterocycles. The van der Waals surface area contributed by atoms with Gasteiger partial charge in [-0.05, 0) is 25.7 Å². The number of nitrogens with zero attached hydrogens (tertiary/aromatic N) is 4. The van der Waals surface area contributed by atoms with Gasteiger partial charge >= 0.3 is 0 Å². The minimum Gasteiger partial charge on any atom is -0.369 e. The summed E-state index contributed by atoms with van der Waals surface area (Å²) in [6.07, 6.45) is 11.1. The highest BCUT2D eigenvalue weighted by Gasteiger charge is 2.27. The standard InChI is InChI=1S/C16H25N5/c1-4-17-14-11-21-10-9-18-15(21)16(19-14)20(3)13-8-6-5-7-12(13)2/h9-13,17H,4-8H2,1-3H3. The first-order valence-corrected chi connectivity index (χ1v) is 8.01. The van der Waals surface area contributed by atoms with Gasteiger partial charge in [-0.3, -0.25) is 0 Å². The Morgan fingerprint density at radius 2 is 2.19 bits per heavy atom. The van der Waals surface area contributed by atoms with Crippen molar-refractivity contribution in [2.45, 2.75) is 45.6 Å². The summed E-state index contributed by atoms with van der Waals surface area (Å²) in [6.45, 7) is 5.32. The monoisotopic (exact) mass is 287 g/mol. The zero-order valence-electron chi connectivity index (χ0n) is 13.2. The Balaban J connectivity index is 1.99. The molecular weight excluding hydrogens is 262 g/mol. The molecule has 2 heterocycles. The number of hydrogen-bond acceptors (Lipinski definition) is 4. The first-order chi connectivity index (χ1) is 10.2. The van der Waals surface area contributed by atoms with E-state index in [0.717, 1.165) is 23.8 Å². The molecule has 0 bridgehead atoms. The molecule has 3 rings (SSSR count). The first kappa shape index (κ1) is 14.2. The molecule has 2 aromatic rings. The molecule has 0 aliphatic heterocycles. The number of imidazole rings is 1. The first-order valence-electron chi connectivity index (χ1n) is 8.01. The predicted molar refractivity (Wildman–Crippen MR) is 87.0 cm³/mol. The van der Waals surface area contributed by atoms with Crippen molar-refractivity contribution in [3.8, 4) is 0 Å². The van der Waals surface area contributed by atoms with E-state index in [1.807, 2.05) is 18.6 Å². The van der Waals surface area contributed by atoms with Crippen LogP contribution in [0, 0.1) is 5.92 Å². The second kappa shape index (κ2) is 5.92. The van der Waals surface area contributed by atoms with E-state index in [-0.39, 0.29) is 0 Å². The maximum Gasteiger partial charge on any atom is 0.180 e. The highest BCUT2D eigenvalue weighted by Crippen LogP contribution is 2.31. The fourth-order valence-corrected chi connectivity index (χ4v) is 3.45. The lowest BCUT2D eigenvalue weighted by atomic mass is 9.85. The summed E-state index contributed by atoms with van der Waals surface area (Å²) in [5, 5.41) is 3.31. The summed E-state index contributed by atoms with van der Waals surface area (Å²) in [5.41, 5.74) is 0.942. The van der Waals surface area contributed by atoms with Crippen LogP contribution in [0.1, 0.15) is 39.5 Å². The van der Waals surface area contributed by atoms with Crippen LogP contribution < -0.4 is 10.2 Å². The maximum atomic E-state index is 4.80. The van der Waals surface area contributed by atoms with E-state index >= 15 is 0 Å². The SMILES string of the molecule is CCNc1cn2ccnc2c(N(C)C2CCCCC2C)n1. The number of fused-ring (bicyclic) bond motifs is 1. The molecule has 2 unspecified atom stereocenters. The van der Waals surface area contributed by atoms with Crippen molar-refractivity contribution >= 4 is 17.3 Å². The van der Waals surface area contributed by atoms with Crippen LogP contribution in [0.15, 0.2) is 18.6 Å². The fraction of sp³-hybridized carbons (Fsp3) is 0.625. The average molecular weight is 287 g/mol. The second-order valence-corrected chi connectivity index (χ2v) is 6.08. The van der Waals surface area contributed by atoms with E-state index in [1.54, 1.807) is 0 Å². The number of anilines is 2. The third-order valence-electron chi connectivity index (χ3n) is 4.61. The average Bonchev–Trinajstić information content (AvgIpc) is 2.95. The van der Waals surface area contributed by atoms with Crippen LogP contribution in [0.5, 0.6) is 0 Å². The Bertz CT molecular complexity index is 606. The molecule has 0 spiro atoms. The molecule has 0 radical (unpaired) electrons. The number of nitrogens with one attached hydrogen (secondary N) is 1. The largest absolute Gasteiger partial charge is 0.369 e. The van der Waals surface area contributed by atoms with E-state index < -0.39 is 0 Å². The molecule has 21 heavy (non-hydrogen) atoms. The normalized spacial score (nSPS) is 22.4. The van der Waals surface area contributed by atoms with Gasteiger partial charge in [0, 0.05) is 32.0 Å². The molecule has 5 nitrogen and oxygen atoms in total. The van der Waals surface area contributed by atoms with Gasteiger partial charge in [0.15, 0.2) is 11.5 Å². The minimum atomic E-state index is 0.559. The van der Waals surface area contributed by atoms with Crippen LogP contribution in [0.4, 0.5) is 11.6 Å². The van der Waals surface area contributed by atoms with Crippen molar-refractivity contribution in [1.29, 1.82) is 0 Å². The van der Waals surface area contributed by atoms with Crippen LogP contribution in [-0.4, -0.2) is 34.0 Å². The Kier molecular flexibility index (Phi) is 3.99. The second-order valence-electron chi connectivity index (χ2n) is 6.08. The van der Waals surface area contributed by atoms with Gasteiger partial charge in [0.2, 0.25) is 0 Å². The van der Waals surface area contributed by atoms with Crippen molar-refractivity contribution in [3.05, 3.63) is 18.6 Å². The Labute approximate surface area is 126 Å². The number of aromatic nitrogens is 3. The van der Waals surface area contributed by atoms with Crippen molar-refractivity contribution in [3.63, 3.8) is 0 Å². The summed E-state index contributed by atoms with van der Waals surface area (Å²) in [5.74, 6) is 2.61. The van der Waals surface area contributed by atoms with Gasteiger partial charge in [-0.15, -0.1) is 0 Å². The fourth-order valence-electron chi connectivity index (χ4n) is 3.45. The van der Waals surface area contributed by atoms with E-state index in [4.69, 9.17) is 4.98 Å². The molecule has 5 heteroatoms. The van der Waals surface area contributed by atoms with E-state index in [0.29, 0.717) is 12.0 Å². The van der Waals surface area contributed by atoms with Gasteiger partial charge in [-0.2, -0.15) is 0 Å². The molecule has 0 amide bonds. The highest BCUT2D eigenvalue weighted by molar-refractivity contribution is 5.67. The molecule has 1 saturated carbocycles. The van der Waals surface area contributed by atoms with E-state index in [2.05, 4.69) is 40.5 Å². The summed E-state index contributed by atoms with van der Waals surface area (Å²) in [4.78, 5) is 11.6. The lowest BCUT2D eigenvalue weighted by molar-refractivity contribution is 0.321. The van der Waals surface area contributed by atoms with Gasteiger partial charge in [-0.25, -0.2) is 9.97 Å².